The van der Waals surface area contributed by atoms with Crippen molar-refractivity contribution in [2.75, 3.05) is 18.9 Å². The number of carbonyl (C=O) groups is 2. The largest absolute Gasteiger partial charge is 0.338 e. The summed E-state index contributed by atoms with van der Waals surface area (Å²) in [5, 5.41) is 2.50. The van der Waals surface area contributed by atoms with Gasteiger partial charge >= 0.3 is 11.8 Å². The first kappa shape index (κ1) is 14.2. The first-order valence-corrected chi connectivity index (χ1v) is 6.04. The van der Waals surface area contributed by atoms with Crippen LogP contribution in [-0.4, -0.2) is 35.3 Å². The third-order valence-electron chi connectivity index (χ3n) is 2.52. The van der Waals surface area contributed by atoms with Crippen LogP contribution in [0.1, 0.15) is 25.5 Å². The van der Waals surface area contributed by atoms with E-state index in [1.54, 1.807) is 19.2 Å². The molecule has 5 heteroatoms. The molecule has 1 rings (SSSR count). The Labute approximate surface area is 107 Å². The van der Waals surface area contributed by atoms with Gasteiger partial charge in [0.1, 0.15) is 5.82 Å². The Bertz CT molecular complexity index is 432. The molecule has 0 aliphatic heterocycles. The molecular formula is C13H19N3O2. The summed E-state index contributed by atoms with van der Waals surface area (Å²) in [5.74, 6) is -0.782. The molecule has 0 atom stereocenters. The van der Waals surface area contributed by atoms with Gasteiger partial charge in [-0.25, -0.2) is 4.98 Å². The Kier molecular flexibility index (Phi) is 5.30. The van der Waals surface area contributed by atoms with Crippen molar-refractivity contribution in [3.63, 3.8) is 0 Å². The van der Waals surface area contributed by atoms with Crippen molar-refractivity contribution in [1.82, 2.24) is 9.88 Å². The second-order valence-electron chi connectivity index (χ2n) is 4.20. The van der Waals surface area contributed by atoms with Gasteiger partial charge in [0.25, 0.3) is 0 Å². The summed E-state index contributed by atoms with van der Waals surface area (Å²) in [6, 6.07) is 5.26. The van der Waals surface area contributed by atoms with Gasteiger partial charge in [0, 0.05) is 19.3 Å². The van der Waals surface area contributed by atoms with E-state index >= 15 is 0 Å². The van der Waals surface area contributed by atoms with Crippen LogP contribution in [0.15, 0.2) is 18.2 Å². The van der Waals surface area contributed by atoms with Crippen LogP contribution < -0.4 is 5.32 Å². The van der Waals surface area contributed by atoms with Crippen LogP contribution in [0.5, 0.6) is 0 Å². The van der Waals surface area contributed by atoms with E-state index in [9.17, 15) is 9.59 Å². The van der Waals surface area contributed by atoms with Crippen molar-refractivity contribution in [2.45, 2.75) is 26.7 Å². The molecule has 0 fully saturated rings. The third kappa shape index (κ3) is 4.16. The molecule has 18 heavy (non-hydrogen) atoms. The fourth-order valence-corrected chi connectivity index (χ4v) is 1.45. The van der Waals surface area contributed by atoms with E-state index in [-0.39, 0.29) is 0 Å². The van der Waals surface area contributed by atoms with Crippen LogP contribution in [0.4, 0.5) is 5.82 Å². The summed E-state index contributed by atoms with van der Waals surface area (Å²) in [6.45, 7) is 4.45. The predicted octanol–water partition coefficient (Wildman–Crippen LogP) is 1.59. The molecule has 0 spiro atoms. The molecule has 0 aromatic carbocycles. The predicted molar refractivity (Wildman–Crippen MR) is 70.1 cm³/mol. The highest BCUT2D eigenvalue weighted by Crippen LogP contribution is 2.04. The minimum atomic E-state index is -0.647. The lowest BCUT2D eigenvalue weighted by Gasteiger charge is -2.15. The zero-order valence-electron chi connectivity index (χ0n) is 11.1. The number of carbonyl (C=O) groups excluding carboxylic acids is 2. The minimum absolute atomic E-state index is 0.400. The van der Waals surface area contributed by atoms with E-state index in [1.165, 1.54) is 4.90 Å². The van der Waals surface area contributed by atoms with Crippen molar-refractivity contribution >= 4 is 17.6 Å². The number of anilines is 1. The Hall–Kier alpha value is -1.91. The molecule has 1 N–H and O–H groups in total. The fourth-order valence-electron chi connectivity index (χ4n) is 1.45. The number of hydrogen-bond donors (Lipinski definition) is 1. The van der Waals surface area contributed by atoms with Crippen LogP contribution in [0.3, 0.4) is 0 Å². The van der Waals surface area contributed by atoms with Crippen LogP contribution in [0.2, 0.25) is 0 Å². The molecule has 1 aromatic heterocycles. The lowest BCUT2D eigenvalue weighted by molar-refractivity contribution is -0.142. The second kappa shape index (κ2) is 6.74. The number of nitrogens with zero attached hydrogens (tertiary/aromatic N) is 2. The van der Waals surface area contributed by atoms with Crippen LogP contribution in [-0.2, 0) is 9.59 Å². The molecule has 0 saturated heterocycles. The molecule has 0 unspecified atom stereocenters. The van der Waals surface area contributed by atoms with Crippen molar-refractivity contribution in [3.8, 4) is 0 Å². The first-order valence-electron chi connectivity index (χ1n) is 6.04. The number of nitrogens with one attached hydrogen (secondary N) is 1. The number of rotatable bonds is 4. The second-order valence-corrected chi connectivity index (χ2v) is 4.20. The van der Waals surface area contributed by atoms with Gasteiger partial charge < -0.3 is 10.2 Å². The SMILES string of the molecule is CCCCN(C)C(=O)C(=O)Nc1cccc(C)n1. The number of pyridine rings is 1. The topological polar surface area (TPSA) is 62.3 Å². The highest BCUT2D eigenvalue weighted by molar-refractivity contribution is 6.39. The zero-order valence-corrected chi connectivity index (χ0v) is 11.1. The van der Waals surface area contributed by atoms with Crippen molar-refractivity contribution < 1.29 is 9.59 Å². The summed E-state index contributed by atoms with van der Waals surface area (Å²) in [7, 11) is 1.63. The van der Waals surface area contributed by atoms with Gasteiger partial charge in [0.15, 0.2) is 0 Å². The maximum absolute atomic E-state index is 11.7. The Morgan fingerprint density at radius 1 is 1.39 bits per heavy atom. The quantitative estimate of drug-likeness (QED) is 0.824. The monoisotopic (exact) mass is 249 g/mol. The molecule has 0 radical (unpaired) electrons. The van der Waals surface area contributed by atoms with E-state index in [0.29, 0.717) is 12.4 Å². The molecule has 5 nitrogen and oxygen atoms in total. The number of hydrogen-bond acceptors (Lipinski definition) is 3. The molecule has 1 aromatic rings. The molecule has 0 aliphatic carbocycles. The van der Waals surface area contributed by atoms with Gasteiger partial charge in [0.05, 0.1) is 0 Å². The highest BCUT2D eigenvalue weighted by Gasteiger charge is 2.18. The van der Waals surface area contributed by atoms with Gasteiger partial charge in [-0.3, -0.25) is 9.59 Å². The molecule has 0 aliphatic rings. The van der Waals surface area contributed by atoms with Gasteiger partial charge in [-0.1, -0.05) is 19.4 Å². The van der Waals surface area contributed by atoms with Crippen molar-refractivity contribution in [2.24, 2.45) is 0 Å². The van der Waals surface area contributed by atoms with Crippen LogP contribution >= 0.6 is 0 Å². The Morgan fingerprint density at radius 2 is 2.11 bits per heavy atom. The number of aromatic nitrogens is 1. The normalized spacial score (nSPS) is 9.94. The van der Waals surface area contributed by atoms with E-state index in [2.05, 4.69) is 10.3 Å². The fraction of sp³-hybridized carbons (Fsp3) is 0.462. The molecule has 0 saturated carbocycles. The molecule has 1 heterocycles. The number of unbranched alkanes of at least 4 members (excludes halogenated alkanes) is 1. The third-order valence-corrected chi connectivity index (χ3v) is 2.52. The van der Waals surface area contributed by atoms with E-state index in [4.69, 9.17) is 0 Å². The Morgan fingerprint density at radius 3 is 2.72 bits per heavy atom. The summed E-state index contributed by atoms with van der Waals surface area (Å²) in [5.41, 5.74) is 0.791. The molecule has 98 valence electrons. The van der Waals surface area contributed by atoms with Gasteiger partial charge in [-0.05, 0) is 25.5 Å². The van der Waals surface area contributed by atoms with Crippen LogP contribution in [0, 0.1) is 6.92 Å². The van der Waals surface area contributed by atoms with Crippen LogP contribution in [0.25, 0.3) is 0 Å². The summed E-state index contributed by atoms with van der Waals surface area (Å²) < 4.78 is 0. The maximum atomic E-state index is 11.7. The number of likely N-dealkylation sites (N-methyl/N-ethyl adjacent to an activating group) is 1. The summed E-state index contributed by atoms with van der Waals surface area (Å²) in [4.78, 5) is 28.9. The van der Waals surface area contributed by atoms with E-state index in [1.807, 2.05) is 19.9 Å². The van der Waals surface area contributed by atoms with Crippen molar-refractivity contribution in [1.29, 1.82) is 0 Å². The Balaban J connectivity index is 2.57. The van der Waals surface area contributed by atoms with Gasteiger partial charge in [0.2, 0.25) is 0 Å². The van der Waals surface area contributed by atoms with Gasteiger partial charge in [-0.15, -0.1) is 0 Å². The number of amides is 2. The lowest BCUT2D eigenvalue weighted by Crippen LogP contribution is -2.37. The molecular weight excluding hydrogens is 230 g/mol. The zero-order chi connectivity index (χ0) is 13.5. The smallest absolute Gasteiger partial charge is 0.315 e. The highest BCUT2D eigenvalue weighted by atomic mass is 16.2. The maximum Gasteiger partial charge on any atom is 0.315 e. The molecule has 0 bridgehead atoms. The average molecular weight is 249 g/mol. The van der Waals surface area contributed by atoms with Crippen molar-refractivity contribution in [3.05, 3.63) is 23.9 Å². The first-order chi connectivity index (χ1) is 8.54. The summed E-state index contributed by atoms with van der Waals surface area (Å²) >= 11 is 0. The average Bonchev–Trinajstić information content (AvgIpc) is 2.35. The number of aryl methyl sites for hydroxylation is 1. The van der Waals surface area contributed by atoms with E-state index < -0.39 is 11.8 Å². The van der Waals surface area contributed by atoms with Gasteiger partial charge in [-0.2, -0.15) is 0 Å². The standard InChI is InChI=1S/C13H19N3O2/c1-4-5-9-16(3)13(18)12(17)15-11-8-6-7-10(2)14-11/h6-8H,4-5,9H2,1-3H3,(H,14,15,17). The lowest BCUT2D eigenvalue weighted by atomic mass is 10.3. The minimum Gasteiger partial charge on any atom is -0.338 e. The van der Waals surface area contributed by atoms with E-state index in [0.717, 1.165) is 18.5 Å². The summed E-state index contributed by atoms with van der Waals surface area (Å²) in [6.07, 6.45) is 1.87. The molecule has 2 amide bonds.